The number of hydrogen-bond acceptors (Lipinski definition) is 3. The van der Waals surface area contributed by atoms with E-state index >= 15 is 0 Å². The first-order valence-electron chi connectivity index (χ1n) is 6.98. The fraction of sp³-hybridized carbons (Fsp3) is 0.600. The van der Waals surface area contributed by atoms with Crippen molar-refractivity contribution in [1.82, 2.24) is 4.90 Å². The molecule has 1 aromatic rings. The van der Waals surface area contributed by atoms with Crippen LogP contribution in [0.4, 0.5) is 0 Å². The van der Waals surface area contributed by atoms with E-state index in [2.05, 4.69) is 11.0 Å². The van der Waals surface area contributed by atoms with Crippen LogP contribution >= 0.6 is 0 Å². The molecule has 1 aliphatic heterocycles. The van der Waals surface area contributed by atoms with Gasteiger partial charge in [-0.05, 0) is 48.9 Å². The zero-order valence-corrected chi connectivity index (χ0v) is 10.8. The van der Waals surface area contributed by atoms with Gasteiger partial charge >= 0.3 is 0 Å². The van der Waals surface area contributed by atoms with Gasteiger partial charge in [0, 0.05) is 25.7 Å². The van der Waals surface area contributed by atoms with Gasteiger partial charge in [0.15, 0.2) is 0 Å². The first-order valence-corrected chi connectivity index (χ1v) is 6.98. The van der Waals surface area contributed by atoms with E-state index in [9.17, 15) is 5.11 Å². The highest BCUT2D eigenvalue weighted by Crippen LogP contribution is 2.36. The molecule has 98 valence electrons. The smallest absolute Gasteiger partial charge is 0.115 e. The second-order valence-corrected chi connectivity index (χ2v) is 5.29. The molecule has 3 heteroatoms. The van der Waals surface area contributed by atoms with Crippen LogP contribution in [0.2, 0.25) is 0 Å². The zero-order valence-electron chi connectivity index (χ0n) is 10.8. The minimum absolute atomic E-state index is 0.397. The van der Waals surface area contributed by atoms with Crippen molar-refractivity contribution in [3.63, 3.8) is 0 Å². The molecule has 1 aliphatic carbocycles. The number of aromatic hydroxyl groups is 1. The number of nitrogens with zero attached hydrogens (tertiary/aromatic N) is 1. The highest BCUT2D eigenvalue weighted by Gasteiger charge is 2.26. The Bertz CT molecular complexity index is 411. The van der Waals surface area contributed by atoms with Crippen molar-refractivity contribution in [2.45, 2.75) is 31.7 Å². The molecule has 1 saturated heterocycles. The molecule has 3 nitrogen and oxygen atoms in total. The Hall–Kier alpha value is -1.06. The summed E-state index contributed by atoms with van der Waals surface area (Å²) in [5.41, 5.74) is 2.75. The van der Waals surface area contributed by atoms with E-state index in [1.165, 1.54) is 24.0 Å². The fourth-order valence-electron chi connectivity index (χ4n) is 3.23. The van der Waals surface area contributed by atoms with Crippen LogP contribution in [0.15, 0.2) is 18.2 Å². The van der Waals surface area contributed by atoms with Crippen LogP contribution < -0.4 is 0 Å². The summed E-state index contributed by atoms with van der Waals surface area (Å²) in [6.07, 6.45) is 4.69. The molecular formula is C15H21NO2. The third kappa shape index (κ3) is 2.38. The van der Waals surface area contributed by atoms with Crippen LogP contribution in [0, 0.1) is 0 Å². The number of ether oxygens (including phenoxy) is 1. The second-order valence-electron chi connectivity index (χ2n) is 5.29. The van der Waals surface area contributed by atoms with Crippen LogP contribution in [0.5, 0.6) is 5.75 Å². The van der Waals surface area contributed by atoms with Crippen LogP contribution in [0.3, 0.4) is 0 Å². The summed E-state index contributed by atoms with van der Waals surface area (Å²) >= 11 is 0. The van der Waals surface area contributed by atoms with Gasteiger partial charge in [0.25, 0.3) is 0 Å². The number of fused-ring (bicyclic) bond motifs is 1. The molecule has 18 heavy (non-hydrogen) atoms. The maximum absolute atomic E-state index is 9.60. The highest BCUT2D eigenvalue weighted by atomic mass is 16.5. The average molecular weight is 247 g/mol. The van der Waals surface area contributed by atoms with Gasteiger partial charge in [-0.2, -0.15) is 0 Å². The Kier molecular flexibility index (Phi) is 3.52. The van der Waals surface area contributed by atoms with Crippen LogP contribution in [0.1, 0.15) is 36.4 Å². The maximum Gasteiger partial charge on any atom is 0.115 e. The minimum Gasteiger partial charge on any atom is -0.508 e. The predicted molar refractivity (Wildman–Crippen MR) is 70.8 cm³/mol. The monoisotopic (exact) mass is 247 g/mol. The lowest BCUT2D eigenvalue weighted by molar-refractivity contribution is 0.127. The van der Waals surface area contributed by atoms with Crippen LogP contribution in [0.25, 0.3) is 0 Å². The summed E-state index contributed by atoms with van der Waals surface area (Å²) in [6, 6.07) is 6.40. The lowest BCUT2D eigenvalue weighted by Crippen LogP contribution is -2.33. The van der Waals surface area contributed by atoms with Gasteiger partial charge in [0.1, 0.15) is 5.75 Å². The lowest BCUT2D eigenvalue weighted by atomic mass is 9.86. The van der Waals surface area contributed by atoms with Crippen LogP contribution in [-0.2, 0) is 11.2 Å². The lowest BCUT2D eigenvalue weighted by Gasteiger charge is -2.35. The number of phenolic OH excluding ortho intramolecular Hbond substituents is 1. The first-order chi connectivity index (χ1) is 8.84. The van der Waals surface area contributed by atoms with E-state index in [4.69, 9.17) is 4.74 Å². The zero-order chi connectivity index (χ0) is 12.4. The molecule has 1 N–H and O–H groups in total. The maximum atomic E-state index is 9.60. The van der Waals surface area contributed by atoms with E-state index in [1.807, 2.05) is 12.1 Å². The molecule has 1 unspecified atom stereocenters. The van der Waals surface area contributed by atoms with E-state index in [0.717, 1.165) is 39.1 Å². The quantitative estimate of drug-likeness (QED) is 0.827. The molecule has 1 fully saturated rings. The molecule has 1 atom stereocenters. The molecule has 0 aromatic heterocycles. The van der Waals surface area contributed by atoms with Gasteiger partial charge in [0.2, 0.25) is 0 Å². The average Bonchev–Trinajstić information content (AvgIpc) is 2.66. The van der Waals surface area contributed by atoms with Crippen molar-refractivity contribution in [3.05, 3.63) is 29.3 Å². The molecule has 1 aromatic carbocycles. The summed E-state index contributed by atoms with van der Waals surface area (Å²) in [5, 5.41) is 9.60. The topological polar surface area (TPSA) is 32.7 Å². The second kappa shape index (κ2) is 5.29. The van der Waals surface area contributed by atoms with Crippen molar-refractivity contribution >= 4 is 0 Å². The number of rotatable bonds is 1. The summed E-state index contributed by atoms with van der Waals surface area (Å²) in [6.45, 7) is 3.91. The largest absolute Gasteiger partial charge is 0.508 e. The Morgan fingerprint density at radius 2 is 2.11 bits per heavy atom. The minimum atomic E-state index is 0.397. The SMILES string of the molecule is Oc1ccc2c(c1)CCCC2N1CCCOCC1. The van der Waals surface area contributed by atoms with Crippen molar-refractivity contribution in [2.75, 3.05) is 26.3 Å². The number of hydrogen-bond donors (Lipinski definition) is 1. The number of phenols is 1. The van der Waals surface area contributed by atoms with Crippen molar-refractivity contribution < 1.29 is 9.84 Å². The normalized spacial score (nSPS) is 25.4. The van der Waals surface area contributed by atoms with Gasteiger partial charge in [-0.25, -0.2) is 0 Å². The molecule has 3 rings (SSSR count). The van der Waals surface area contributed by atoms with Crippen molar-refractivity contribution in [2.24, 2.45) is 0 Å². The third-order valence-corrected chi connectivity index (χ3v) is 4.11. The van der Waals surface area contributed by atoms with E-state index in [0.29, 0.717) is 11.8 Å². The van der Waals surface area contributed by atoms with Crippen molar-refractivity contribution in [3.8, 4) is 5.75 Å². The Labute approximate surface area is 108 Å². The molecule has 0 bridgehead atoms. The van der Waals surface area contributed by atoms with E-state index in [1.54, 1.807) is 0 Å². The van der Waals surface area contributed by atoms with E-state index in [-0.39, 0.29) is 0 Å². The van der Waals surface area contributed by atoms with Crippen LogP contribution in [-0.4, -0.2) is 36.3 Å². The molecule has 1 heterocycles. The summed E-state index contributed by atoms with van der Waals surface area (Å²) in [5.74, 6) is 0.397. The molecule has 0 spiro atoms. The first kappa shape index (κ1) is 12.0. The molecular weight excluding hydrogens is 226 g/mol. The standard InChI is InChI=1S/C15H21NO2/c17-13-5-6-14-12(11-13)3-1-4-15(14)16-7-2-9-18-10-8-16/h5-6,11,15,17H,1-4,7-10H2. The van der Waals surface area contributed by atoms with Gasteiger partial charge in [-0.1, -0.05) is 6.07 Å². The Balaban J connectivity index is 1.85. The summed E-state index contributed by atoms with van der Waals surface area (Å²) in [4.78, 5) is 2.56. The van der Waals surface area contributed by atoms with Gasteiger partial charge in [-0.15, -0.1) is 0 Å². The molecule has 2 aliphatic rings. The summed E-state index contributed by atoms with van der Waals surface area (Å²) in [7, 11) is 0. The predicted octanol–water partition coefficient (Wildman–Crippen LogP) is 2.49. The Morgan fingerprint density at radius 3 is 3.06 bits per heavy atom. The highest BCUT2D eigenvalue weighted by molar-refractivity contribution is 5.38. The number of aryl methyl sites for hydroxylation is 1. The summed E-state index contributed by atoms with van der Waals surface area (Å²) < 4.78 is 5.54. The fourth-order valence-corrected chi connectivity index (χ4v) is 3.23. The third-order valence-electron chi connectivity index (χ3n) is 4.11. The molecule has 0 amide bonds. The van der Waals surface area contributed by atoms with Gasteiger partial charge in [0.05, 0.1) is 6.61 Å². The van der Waals surface area contributed by atoms with E-state index < -0.39 is 0 Å². The Morgan fingerprint density at radius 1 is 1.17 bits per heavy atom. The molecule has 0 radical (unpaired) electrons. The number of benzene rings is 1. The van der Waals surface area contributed by atoms with Gasteiger partial charge < -0.3 is 9.84 Å². The van der Waals surface area contributed by atoms with Crippen molar-refractivity contribution in [1.29, 1.82) is 0 Å². The molecule has 0 saturated carbocycles. The van der Waals surface area contributed by atoms with Gasteiger partial charge in [-0.3, -0.25) is 4.90 Å².